The Morgan fingerprint density at radius 3 is 2.74 bits per heavy atom. The first-order chi connectivity index (χ1) is 9.20. The van der Waals surface area contributed by atoms with E-state index < -0.39 is 6.10 Å². The van der Waals surface area contributed by atoms with Gasteiger partial charge in [-0.2, -0.15) is 0 Å². The number of hydrogen-bond acceptors (Lipinski definition) is 2. The van der Waals surface area contributed by atoms with Crippen LogP contribution < -0.4 is 0 Å². The first-order valence-corrected chi connectivity index (χ1v) is 7.46. The molecule has 1 aromatic carbocycles. The molecule has 2 heteroatoms. The molecular formula is C17H24O2. The molecular weight excluding hydrogens is 236 g/mol. The van der Waals surface area contributed by atoms with Gasteiger partial charge in [0, 0.05) is 12.3 Å². The summed E-state index contributed by atoms with van der Waals surface area (Å²) in [4.78, 5) is 12.0. The first kappa shape index (κ1) is 14.3. The summed E-state index contributed by atoms with van der Waals surface area (Å²) < 4.78 is 0. The van der Waals surface area contributed by atoms with Gasteiger partial charge in [0.1, 0.15) is 5.78 Å². The van der Waals surface area contributed by atoms with Crippen molar-refractivity contribution in [2.24, 2.45) is 11.8 Å². The van der Waals surface area contributed by atoms with Gasteiger partial charge in [0.15, 0.2) is 0 Å². The minimum atomic E-state index is -0.504. The van der Waals surface area contributed by atoms with E-state index in [9.17, 15) is 9.90 Å². The summed E-state index contributed by atoms with van der Waals surface area (Å²) in [7, 11) is 0. The Balaban J connectivity index is 1.95. The SMILES string of the molecule is CCCC1CCC(=O)C(CC(O)c2ccccc2)C1. The van der Waals surface area contributed by atoms with Crippen molar-refractivity contribution in [3.63, 3.8) is 0 Å². The minimum absolute atomic E-state index is 0.0560. The second-order valence-electron chi connectivity index (χ2n) is 5.75. The summed E-state index contributed by atoms with van der Waals surface area (Å²) in [5.74, 6) is 1.08. The molecule has 0 saturated heterocycles. The Morgan fingerprint density at radius 1 is 1.32 bits per heavy atom. The summed E-state index contributed by atoms with van der Waals surface area (Å²) in [5, 5.41) is 10.3. The monoisotopic (exact) mass is 260 g/mol. The molecule has 1 N–H and O–H groups in total. The van der Waals surface area contributed by atoms with Crippen LogP contribution in [0.3, 0.4) is 0 Å². The van der Waals surface area contributed by atoms with Gasteiger partial charge in [-0.05, 0) is 30.7 Å². The van der Waals surface area contributed by atoms with Crippen LogP contribution in [0.4, 0.5) is 0 Å². The molecule has 104 valence electrons. The number of aliphatic hydroxyl groups excluding tert-OH is 1. The predicted octanol–water partition coefficient (Wildman–Crippen LogP) is 3.90. The lowest BCUT2D eigenvalue weighted by Gasteiger charge is -2.29. The van der Waals surface area contributed by atoms with Crippen molar-refractivity contribution in [2.45, 2.75) is 51.6 Å². The second kappa shape index (κ2) is 6.85. The van der Waals surface area contributed by atoms with Crippen LogP contribution in [-0.4, -0.2) is 10.9 Å². The average molecular weight is 260 g/mol. The highest BCUT2D eigenvalue weighted by molar-refractivity contribution is 5.81. The second-order valence-corrected chi connectivity index (χ2v) is 5.75. The maximum Gasteiger partial charge on any atom is 0.136 e. The zero-order valence-electron chi connectivity index (χ0n) is 11.7. The van der Waals surface area contributed by atoms with Crippen molar-refractivity contribution in [3.8, 4) is 0 Å². The van der Waals surface area contributed by atoms with Gasteiger partial charge < -0.3 is 5.11 Å². The third-order valence-corrected chi connectivity index (χ3v) is 4.26. The van der Waals surface area contributed by atoms with Gasteiger partial charge >= 0.3 is 0 Å². The van der Waals surface area contributed by atoms with E-state index in [1.165, 1.54) is 12.8 Å². The minimum Gasteiger partial charge on any atom is -0.388 e. The van der Waals surface area contributed by atoms with E-state index in [-0.39, 0.29) is 5.92 Å². The molecule has 2 rings (SSSR count). The Morgan fingerprint density at radius 2 is 2.05 bits per heavy atom. The number of hydrogen-bond donors (Lipinski definition) is 1. The molecule has 0 spiro atoms. The number of Topliss-reactive ketones (excluding diaryl/α,β-unsaturated/α-hetero) is 1. The third-order valence-electron chi connectivity index (χ3n) is 4.26. The smallest absolute Gasteiger partial charge is 0.136 e. The highest BCUT2D eigenvalue weighted by Gasteiger charge is 2.30. The highest BCUT2D eigenvalue weighted by Crippen LogP contribution is 2.34. The van der Waals surface area contributed by atoms with Gasteiger partial charge in [0.2, 0.25) is 0 Å². The molecule has 0 aromatic heterocycles. The number of ketones is 1. The number of rotatable bonds is 5. The molecule has 1 fully saturated rings. The lowest BCUT2D eigenvalue weighted by Crippen LogP contribution is -2.26. The lowest BCUT2D eigenvalue weighted by atomic mass is 9.76. The maximum atomic E-state index is 12.0. The molecule has 2 nitrogen and oxygen atoms in total. The Labute approximate surface area is 115 Å². The van der Waals surface area contributed by atoms with Crippen LogP contribution in [-0.2, 0) is 4.79 Å². The number of aliphatic hydroxyl groups is 1. The molecule has 1 aliphatic rings. The third kappa shape index (κ3) is 3.90. The predicted molar refractivity (Wildman–Crippen MR) is 76.8 cm³/mol. The standard InChI is InChI=1S/C17H24O2/c1-2-6-13-9-10-16(18)15(11-13)12-17(19)14-7-4-3-5-8-14/h3-5,7-8,13,15,17,19H,2,6,9-12H2,1H3. The van der Waals surface area contributed by atoms with Crippen LogP contribution in [0.2, 0.25) is 0 Å². The number of carbonyl (C=O) groups excluding carboxylic acids is 1. The summed E-state index contributed by atoms with van der Waals surface area (Å²) >= 11 is 0. The molecule has 0 radical (unpaired) electrons. The van der Waals surface area contributed by atoms with Crippen LogP contribution in [0.25, 0.3) is 0 Å². The van der Waals surface area contributed by atoms with E-state index in [2.05, 4.69) is 6.92 Å². The zero-order chi connectivity index (χ0) is 13.7. The van der Waals surface area contributed by atoms with E-state index in [1.54, 1.807) is 0 Å². The molecule has 0 bridgehead atoms. The number of carbonyl (C=O) groups is 1. The fourth-order valence-electron chi connectivity index (χ4n) is 3.18. The lowest BCUT2D eigenvalue weighted by molar-refractivity contribution is -0.126. The van der Waals surface area contributed by atoms with Crippen molar-refractivity contribution in [1.82, 2.24) is 0 Å². The summed E-state index contributed by atoms with van der Waals surface area (Å²) in [6.07, 6.45) is 5.20. The van der Waals surface area contributed by atoms with Crippen LogP contribution in [0.1, 0.15) is 57.1 Å². The molecule has 0 heterocycles. The highest BCUT2D eigenvalue weighted by atomic mass is 16.3. The first-order valence-electron chi connectivity index (χ1n) is 7.46. The molecule has 1 aromatic rings. The zero-order valence-corrected chi connectivity index (χ0v) is 11.7. The normalized spacial score (nSPS) is 25.3. The fourth-order valence-corrected chi connectivity index (χ4v) is 3.18. The van der Waals surface area contributed by atoms with Gasteiger partial charge in [0.25, 0.3) is 0 Å². The Kier molecular flexibility index (Phi) is 5.15. The van der Waals surface area contributed by atoms with Gasteiger partial charge in [-0.25, -0.2) is 0 Å². The largest absolute Gasteiger partial charge is 0.388 e. The molecule has 0 aliphatic heterocycles. The average Bonchev–Trinajstić information content (AvgIpc) is 2.44. The van der Waals surface area contributed by atoms with Crippen molar-refractivity contribution < 1.29 is 9.90 Å². The van der Waals surface area contributed by atoms with Crippen molar-refractivity contribution in [2.75, 3.05) is 0 Å². The van der Waals surface area contributed by atoms with Gasteiger partial charge in [0.05, 0.1) is 6.10 Å². The van der Waals surface area contributed by atoms with Crippen LogP contribution in [0.5, 0.6) is 0 Å². The van der Waals surface area contributed by atoms with Gasteiger partial charge in [-0.1, -0.05) is 50.1 Å². The molecule has 3 unspecified atom stereocenters. The molecule has 1 aliphatic carbocycles. The summed E-state index contributed by atoms with van der Waals surface area (Å²) in [5.41, 5.74) is 0.924. The molecule has 1 saturated carbocycles. The van der Waals surface area contributed by atoms with Crippen molar-refractivity contribution >= 4 is 5.78 Å². The van der Waals surface area contributed by atoms with Gasteiger partial charge in [-0.3, -0.25) is 4.79 Å². The molecule has 19 heavy (non-hydrogen) atoms. The van der Waals surface area contributed by atoms with E-state index in [0.717, 1.165) is 18.4 Å². The maximum absolute atomic E-state index is 12.0. The van der Waals surface area contributed by atoms with Crippen molar-refractivity contribution in [3.05, 3.63) is 35.9 Å². The fraction of sp³-hybridized carbons (Fsp3) is 0.588. The number of benzene rings is 1. The Hall–Kier alpha value is -1.15. The Bertz CT molecular complexity index is 399. The molecule has 3 atom stereocenters. The topological polar surface area (TPSA) is 37.3 Å². The van der Waals surface area contributed by atoms with E-state index in [0.29, 0.717) is 24.5 Å². The van der Waals surface area contributed by atoms with Crippen LogP contribution in [0, 0.1) is 11.8 Å². The van der Waals surface area contributed by atoms with Crippen LogP contribution in [0.15, 0.2) is 30.3 Å². The van der Waals surface area contributed by atoms with E-state index in [1.807, 2.05) is 30.3 Å². The summed E-state index contributed by atoms with van der Waals surface area (Å²) in [6, 6.07) is 9.67. The van der Waals surface area contributed by atoms with Crippen molar-refractivity contribution in [1.29, 1.82) is 0 Å². The van der Waals surface area contributed by atoms with E-state index in [4.69, 9.17) is 0 Å². The van der Waals surface area contributed by atoms with Gasteiger partial charge in [-0.15, -0.1) is 0 Å². The van der Waals surface area contributed by atoms with Crippen LogP contribution >= 0.6 is 0 Å². The quantitative estimate of drug-likeness (QED) is 0.872. The molecule has 0 amide bonds. The van der Waals surface area contributed by atoms with E-state index >= 15 is 0 Å². The summed E-state index contributed by atoms with van der Waals surface area (Å²) in [6.45, 7) is 2.20.